The van der Waals surface area contributed by atoms with Crippen LogP contribution in [0.4, 0.5) is 0 Å². The molecule has 7 nitrogen and oxygen atoms in total. The Kier molecular flexibility index (Phi) is 4.10. The van der Waals surface area contributed by atoms with Crippen molar-refractivity contribution in [2.24, 2.45) is 5.73 Å². The first-order valence-electron chi connectivity index (χ1n) is 6.49. The fourth-order valence-corrected chi connectivity index (χ4v) is 2.27. The number of aliphatic carboxylic acids is 1. The van der Waals surface area contributed by atoms with Gasteiger partial charge in [-0.3, -0.25) is 14.5 Å². The van der Waals surface area contributed by atoms with E-state index in [2.05, 4.69) is 5.32 Å². The molecular formula is C13H19N3O4. The number of carboxylic acids is 1. The summed E-state index contributed by atoms with van der Waals surface area (Å²) >= 11 is 0. The fraction of sp³-hybridized carbons (Fsp3) is 0.538. The molecule has 1 aromatic heterocycles. The smallest absolute Gasteiger partial charge is 0.325 e. The van der Waals surface area contributed by atoms with Gasteiger partial charge in [-0.2, -0.15) is 0 Å². The standard InChI is InChI=1S/C13H19N3O4/c1-9(11(17)15-7-10-3-2-6-20-10)16-5-4-13(14,8-16)12(18)19/h2-3,6,9H,4-5,7-8,14H2,1H3,(H,15,17)(H,18,19). The molecule has 0 aromatic carbocycles. The third-order valence-electron chi connectivity index (χ3n) is 3.70. The molecule has 1 saturated heterocycles. The summed E-state index contributed by atoms with van der Waals surface area (Å²) in [6, 6.07) is 3.10. The topological polar surface area (TPSA) is 109 Å². The first kappa shape index (κ1) is 14.5. The summed E-state index contributed by atoms with van der Waals surface area (Å²) in [6.07, 6.45) is 1.89. The number of hydrogen-bond acceptors (Lipinski definition) is 5. The fourth-order valence-electron chi connectivity index (χ4n) is 2.27. The molecule has 110 valence electrons. The van der Waals surface area contributed by atoms with Gasteiger partial charge in [0, 0.05) is 13.1 Å². The molecule has 7 heteroatoms. The number of furan rings is 1. The Hall–Kier alpha value is -1.86. The second-order valence-corrected chi connectivity index (χ2v) is 5.15. The lowest BCUT2D eigenvalue weighted by molar-refractivity contribution is -0.143. The van der Waals surface area contributed by atoms with Crippen LogP contribution >= 0.6 is 0 Å². The molecule has 1 aliphatic rings. The number of likely N-dealkylation sites (tertiary alicyclic amines) is 1. The van der Waals surface area contributed by atoms with Crippen LogP contribution in [0.3, 0.4) is 0 Å². The second-order valence-electron chi connectivity index (χ2n) is 5.15. The zero-order chi connectivity index (χ0) is 14.8. The normalized spacial score (nSPS) is 24.5. The molecule has 0 radical (unpaired) electrons. The molecule has 4 N–H and O–H groups in total. The molecule has 1 aliphatic heterocycles. The van der Waals surface area contributed by atoms with E-state index >= 15 is 0 Å². The Morgan fingerprint density at radius 2 is 2.40 bits per heavy atom. The number of hydrogen-bond donors (Lipinski definition) is 3. The van der Waals surface area contributed by atoms with Crippen molar-refractivity contribution < 1.29 is 19.1 Å². The number of nitrogens with one attached hydrogen (secondary N) is 1. The van der Waals surface area contributed by atoms with E-state index in [0.717, 1.165) is 0 Å². The molecule has 2 heterocycles. The molecule has 0 saturated carbocycles. The Balaban J connectivity index is 1.87. The van der Waals surface area contributed by atoms with Gasteiger partial charge in [-0.05, 0) is 25.5 Å². The first-order valence-corrected chi connectivity index (χ1v) is 6.49. The highest BCUT2D eigenvalue weighted by Crippen LogP contribution is 2.21. The van der Waals surface area contributed by atoms with Gasteiger partial charge >= 0.3 is 5.97 Å². The summed E-state index contributed by atoms with van der Waals surface area (Å²) in [5, 5.41) is 11.8. The van der Waals surface area contributed by atoms with Crippen molar-refractivity contribution in [3.8, 4) is 0 Å². The number of carboxylic acid groups (broad SMARTS) is 1. The van der Waals surface area contributed by atoms with E-state index in [9.17, 15) is 9.59 Å². The maximum Gasteiger partial charge on any atom is 0.325 e. The molecule has 0 spiro atoms. The average Bonchev–Trinajstić information content (AvgIpc) is 3.05. The average molecular weight is 281 g/mol. The van der Waals surface area contributed by atoms with Gasteiger partial charge in [0.25, 0.3) is 0 Å². The number of nitrogens with two attached hydrogens (primary N) is 1. The zero-order valence-electron chi connectivity index (χ0n) is 11.3. The SMILES string of the molecule is CC(C(=O)NCc1ccco1)N1CCC(N)(C(=O)O)C1. The van der Waals surface area contributed by atoms with E-state index in [4.69, 9.17) is 15.3 Å². The Bertz CT molecular complexity index is 488. The number of nitrogens with zero attached hydrogens (tertiary/aromatic N) is 1. The van der Waals surface area contributed by atoms with Crippen LogP contribution in [0.2, 0.25) is 0 Å². The van der Waals surface area contributed by atoms with Crippen LogP contribution in [0, 0.1) is 0 Å². The van der Waals surface area contributed by atoms with E-state index in [1.165, 1.54) is 0 Å². The van der Waals surface area contributed by atoms with Gasteiger partial charge in [0.1, 0.15) is 11.3 Å². The highest BCUT2D eigenvalue weighted by atomic mass is 16.4. The maximum absolute atomic E-state index is 12.0. The van der Waals surface area contributed by atoms with E-state index < -0.39 is 17.6 Å². The van der Waals surface area contributed by atoms with E-state index in [-0.39, 0.29) is 12.5 Å². The molecular weight excluding hydrogens is 262 g/mol. The lowest BCUT2D eigenvalue weighted by atomic mass is 10.0. The van der Waals surface area contributed by atoms with Crippen LogP contribution in [-0.2, 0) is 16.1 Å². The molecule has 2 rings (SSSR count). The predicted molar refractivity (Wildman–Crippen MR) is 70.8 cm³/mol. The lowest BCUT2D eigenvalue weighted by Crippen LogP contribution is -2.52. The van der Waals surface area contributed by atoms with Gasteiger partial charge in [0.2, 0.25) is 5.91 Å². The molecule has 2 unspecified atom stereocenters. The van der Waals surface area contributed by atoms with Crippen LogP contribution in [-0.4, -0.2) is 46.6 Å². The van der Waals surface area contributed by atoms with Crippen molar-refractivity contribution in [3.05, 3.63) is 24.2 Å². The van der Waals surface area contributed by atoms with Crippen LogP contribution < -0.4 is 11.1 Å². The van der Waals surface area contributed by atoms with Gasteiger partial charge < -0.3 is 20.6 Å². The number of carbonyl (C=O) groups excluding carboxylic acids is 1. The summed E-state index contributed by atoms with van der Waals surface area (Å²) in [5.41, 5.74) is 4.54. The van der Waals surface area contributed by atoms with Crippen LogP contribution in [0.5, 0.6) is 0 Å². The first-order chi connectivity index (χ1) is 9.42. The molecule has 20 heavy (non-hydrogen) atoms. The highest BCUT2D eigenvalue weighted by Gasteiger charge is 2.43. The lowest BCUT2D eigenvalue weighted by Gasteiger charge is -2.25. The molecule has 0 aliphatic carbocycles. The van der Waals surface area contributed by atoms with Crippen molar-refractivity contribution in [1.82, 2.24) is 10.2 Å². The largest absolute Gasteiger partial charge is 0.480 e. The van der Waals surface area contributed by atoms with Crippen molar-refractivity contribution in [2.45, 2.75) is 31.5 Å². The molecule has 1 aromatic rings. The van der Waals surface area contributed by atoms with Crippen molar-refractivity contribution in [1.29, 1.82) is 0 Å². The third kappa shape index (κ3) is 3.00. The maximum atomic E-state index is 12.0. The Morgan fingerprint density at radius 1 is 1.65 bits per heavy atom. The van der Waals surface area contributed by atoms with Gasteiger partial charge in [-0.25, -0.2) is 0 Å². The summed E-state index contributed by atoms with van der Waals surface area (Å²) in [5.74, 6) is -0.523. The minimum Gasteiger partial charge on any atom is -0.480 e. The molecule has 2 atom stereocenters. The number of amides is 1. The van der Waals surface area contributed by atoms with E-state index in [1.54, 1.807) is 30.2 Å². The van der Waals surface area contributed by atoms with Crippen molar-refractivity contribution >= 4 is 11.9 Å². The van der Waals surface area contributed by atoms with Crippen molar-refractivity contribution in [2.75, 3.05) is 13.1 Å². The summed E-state index contributed by atoms with van der Waals surface area (Å²) in [6.45, 7) is 2.73. The summed E-state index contributed by atoms with van der Waals surface area (Å²) < 4.78 is 5.13. The number of rotatable bonds is 5. The predicted octanol–water partition coefficient (Wildman–Crippen LogP) is -0.228. The van der Waals surface area contributed by atoms with E-state index in [1.807, 2.05) is 0 Å². The molecule has 1 amide bonds. The van der Waals surface area contributed by atoms with Gasteiger partial charge in [0.15, 0.2) is 0 Å². The minimum absolute atomic E-state index is 0.170. The third-order valence-corrected chi connectivity index (χ3v) is 3.70. The number of carbonyl (C=O) groups is 2. The van der Waals surface area contributed by atoms with Crippen molar-refractivity contribution in [3.63, 3.8) is 0 Å². The minimum atomic E-state index is -1.25. The van der Waals surface area contributed by atoms with E-state index in [0.29, 0.717) is 25.3 Å². The van der Waals surface area contributed by atoms with Gasteiger partial charge in [-0.15, -0.1) is 0 Å². The highest BCUT2D eigenvalue weighted by molar-refractivity contribution is 5.82. The Morgan fingerprint density at radius 3 is 2.95 bits per heavy atom. The quantitative estimate of drug-likeness (QED) is 0.688. The second kappa shape index (κ2) is 5.64. The van der Waals surface area contributed by atoms with Gasteiger partial charge in [0.05, 0.1) is 18.8 Å². The summed E-state index contributed by atoms with van der Waals surface area (Å²) in [4.78, 5) is 24.9. The van der Waals surface area contributed by atoms with Crippen LogP contribution in [0.25, 0.3) is 0 Å². The molecule has 0 bridgehead atoms. The monoisotopic (exact) mass is 281 g/mol. The van der Waals surface area contributed by atoms with Crippen LogP contribution in [0.1, 0.15) is 19.1 Å². The molecule has 1 fully saturated rings. The van der Waals surface area contributed by atoms with Crippen LogP contribution in [0.15, 0.2) is 22.8 Å². The summed E-state index contributed by atoms with van der Waals surface area (Å²) in [7, 11) is 0. The zero-order valence-corrected chi connectivity index (χ0v) is 11.3. The Labute approximate surface area is 116 Å². The van der Waals surface area contributed by atoms with Gasteiger partial charge in [-0.1, -0.05) is 0 Å².